The molecular weight excluding hydrogens is 402 g/mol. The van der Waals surface area contributed by atoms with Gasteiger partial charge in [0.05, 0.1) is 24.2 Å². The Labute approximate surface area is 168 Å². The van der Waals surface area contributed by atoms with Crippen LogP contribution in [0, 0.1) is 0 Å². The van der Waals surface area contributed by atoms with Gasteiger partial charge >= 0.3 is 6.09 Å². The first kappa shape index (κ1) is 19.8. The van der Waals surface area contributed by atoms with Crippen molar-refractivity contribution in [1.82, 2.24) is 14.1 Å². The second-order valence-corrected chi connectivity index (χ2v) is 8.99. The molecular formula is C18H21N3O7S. The highest BCUT2D eigenvalue weighted by atomic mass is 32.2. The lowest BCUT2D eigenvalue weighted by Crippen LogP contribution is -2.42. The number of hydrogen-bond donors (Lipinski definition) is 0. The average molecular weight is 423 g/mol. The predicted octanol–water partition coefficient (Wildman–Crippen LogP) is -0.0992. The van der Waals surface area contributed by atoms with Crippen LogP contribution < -0.4 is 0 Å². The molecule has 11 heteroatoms. The Morgan fingerprint density at radius 2 is 1.72 bits per heavy atom. The number of carbonyl (C=O) groups is 3. The number of sulfonamides is 1. The summed E-state index contributed by atoms with van der Waals surface area (Å²) in [5, 5.41) is 0. The number of imide groups is 1. The van der Waals surface area contributed by atoms with Crippen molar-refractivity contribution < 1.29 is 32.3 Å². The van der Waals surface area contributed by atoms with E-state index in [1.54, 1.807) is 4.90 Å². The van der Waals surface area contributed by atoms with Crippen molar-refractivity contribution >= 4 is 27.9 Å². The Balaban J connectivity index is 1.43. The van der Waals surface area contributed by atoms with Crippen LogP contribution in [0.25, 0.3) is 0 Å². The fourth-order valence-electron chi connectivity index (χ4n) is 3.74. The van der Waals surface area contributed by atoms with Gasteiger partial charge in [-0.2, -0.15) is 4.31 Å². The molecule has 3 aliphatic rings. The van der Waals surface area contributed by atoms with Gasteiger partial charge in [0.2, 0.25) is 10.0 Å². The molecule has 3 aliphatic heterocycles. The molecule has 3 amide bonds. The van der Waals surface area contributed by atoms with Crippen LogP contribution >= 0.6 is 0 Å². The highest BCUT2D eigenvalue weighted by Gasteiger charge is 2.41. The molecule has 0 N–H and O–H groups in total. The van der Waals surface area contributed by atoms with Gasteiger partial charge in [-0.3, -0.25) is 9.59 Å². The van der Waals surface area contributed by atoms with Crippen LogP contribution in [0.2, 0.25) is 0 Å². The largest absolute Gasteiger partial charge is 0.439 e. The summed E-state index contributed by atoms with van der Waals surface area (Å²) in [6.45, 7) is 1.69. The number of rotatable bonds is 4. The number of carbonyl (C=O) groups excluding carboxylic acids is 3. The molecule has 0 bridgehead atoms. The summed E-state index contributed by atoms with van der Waals surface area (Å²) in [4.78, 5) is 39.0. The van der Waals surface area contributed by atoms with E-state index in [9.17, 15) is 22.8 Å². The Bertz CT molecular complexity index is 909. The van der Waals surface area contributed by atoms with Gasteiger partial charge in [0, 0.05) is 31.7 Å². The number of ether oxygens (including phenoxy) is 2. The molecule has 1 aromatic rings. The molecule has 4 rings (SSSR count). The lowest BCUT2D eigenvalue weighted by Gasteiger charge is -2.26. The molecule has 0 spiro atoms. The van der Waals surface area contributed by atoms with Crippen molar-refractivity contribution in [3.63, 3.8) is 0 Å². The van der Waals surface area contributed by atoms with E-state index in [2.05, 4.69) is 0 Å². The molecule has 0 saturated carbocycles. The first-order valence-electron chi connectivity index (χ1n) is 9.34. The van der Waals surface area contributed by atoms with E-state index in [1.165, 1.54) is 28.6 Å². The second-order valence-electron chi connectivity index (χ2n) is 7.05. The summed E-state index contributed by atoms with van der Waals surface area (Å²) in [6.07, 6.45) is -0.192. The third kappa shape index (κ3) is 3.72. The molecule has 3 heterocycles. The zero-order valence-electron chi connectivity index (χ0n) is 15.7. The normalized spacial score (nSPS) is 23.5. The van der Waals surface area contributed by atoms with Gasteiger partial charge in [0.15, 0.2) is 6.61 Å². The van der Waals surface area contributed by atoms with Crippen molar-refractivity contribution in [2.75, 3.05) is 46.0 Å². The Hall–Kier alpha value is -2.50. The highest BCUT2D eigenvalue weighted by molar-refractivity contribution is 7.89. The van der Waals surface area contributed by atoms with Crippen LogP contribution in [0.3, 0.4) is 0 Å². The van der Waals surface area contributed by atoms with Crippen LogP contribution in [0.1, 0.15) is 16.8 Å². The zero-order valence-corrected chi connectivity index (χ0v) is 16.5. The number of amides is 3. The Morgan fingerprint density at radius 3 is 2.34 bits per heavy atom. The molecule has 1 unspecified atom stereocenters. The van der Waals surface area contributed by atoms with Crippen LogP contribution in [-0.2, 0) is 24.3 Å². The number of cyclic esters (lactones) is 1. The quantitative estimate of drug-likeness (QED) is 0.664. The SMILES string of the molecule is O=C(c1ccc(S(=O)(=O)N2CCOCC2)cc1)N1CCC(N2C(=O)COC2=O)C1. The maximum absolute atomic E-state index is 12.8. The van der Waals surface area contributed by atoms with Crippen LogP contribution in [0.4, 0.5) is 4.79 Å². The van der Waals surface area contributed by atoms with Crippen molar-refractivity contribution in [1.29, 1.82) is 0 Å². The maximum Gasteiger partial charge on any atom is 0.417 e. The van der Waals surface area contributed by atoms with Crippen LogP contribution in [0.5, 0.6) is 0 Å². The minimum Gasteiger partial charge on any atom is -0.439 e. The van der Waals surface area contributed by atoms with Gasteiger partial charge in [-0.1, -0.05) is 0 Å². The molecule has 156 valence electrons. The maximum atomic E-state index is 12.8. The van der Waals surface area contributed by atoms with E-state index in [4.69, 9.17) is 9.47 Å². The fourth-order valence-corrected chi connectivity index (χ4v) is 5.15. The van der Waals surface area contributed by atoms with Crippen LogP contribution in [-0.4, -0.2) is 92.5 Å². The van der Waals surface area contributed by atoms with Gasteiger partial charge < -0.3 is 14.4 Å². The van der Waals surface area contributed by atoms with E-state index < -0.39 is 28.1 Å². The zero-order chi connectivity index (χ0) is 20.6. The minimum absolute atomic E-state index is 0.126. The summed E-state index contributed by atoms with van der Waals surface area (Å²) < 4.78 is 36.6. The van der Waals surface area contributed by atoms with Crippen molar-refractivity contribution in [3.05, 3.63) is 29.8 Å². The van der Waals surface area contributed by atoms with Crippen LogP contribution in [0.15, 0.2) is 29.2 Å². The van der Waals surface area contributed by atoms with Gasteiger partial charge in [0.25, 0.3) is 11.8 Å². The van der Waals surface area contributed by atoms with Gasteiger partial charge in [0.1, 0.15) is 0 Å². The lowest BCUT2D eigenvalue weighted by molar-refractivity contribution is -0.127. The number of hydrogen-bond acceptors (Lipinski definition) is 7. The van der Waals surface area contributed by atoms with E-state index in [0.717, 1.165) is 4.90 Å². The monoisotopic (exact) mass is 423 g/mol. The van der Waals surface area contributed by atoms with Crippen molar-refractivity contribution in [3.8, 4) is 0 Å². The highest BCUT2D eigenvalue weighted by Crippen LogP contribution is 2.23. The van der Waals surface area contributed by atoms with Gasteiger partial charge in [-0.05, 0) is 30.7 Å². The predicted molar refractivity (Wildman–Crippen MR) is 98.5 cm³/mol. The van der Waals surface area contributed by atoms with Gasteiger partial charge in [-0.15, -0.1) is 0 Å². The average Bonchev–Trinajstić information content (AvgIpc) is 3.34. The Kier molecular flexibility index (Phi) is 5.28. The van der Waals surface area contributed by atoms with E-state index in [-0.39, 0.29) is 24.0 Å². The second kappa shape index (κ2) is 7.73. The van der Waals surface area contributed by atoms with Crippen molar-refractivity contribution in [2.45, 2.75) is 17.4 Å². The number of nitrogens with zero attached hydrogens (tertiary/aromatic N) is 3. The lowest BCUT2D eigenvalue weighted by atomic mass is 10.2. The van der Waals surface area contributed by atoms with E-state index in [1.807, 2.05) is 0 Å². The smallest absolute Gasteiger partial charge is 0.417 e. The Morgan fingerprint density at radius 1 is 1.03 bits per heavy atom. The summed E-state index contributed by atoms with van der Waals surface area (Å²) >= 11 is 0. The summed E-state index contributed by atoms with van der Waals surface area (Å²) in [6, 6.07) is 5.42. The molecule has 1 atom stereocenters. The molecule has 3 saturated heterocycles. The van der Waals surface area contributed by atoms with E-state index >= 15 is 0 Å². The third-order valence-corrected chi connectivity index (χ3v) is 7.22. The number of benzene rings is 1. The third-order valence-electron chi connectivity index (χ3n) is 5.31. The van der Waals surface area contributed by atoms with Crippen molar-refractivity contribution in [2.24, 2.45) is 0 Å². The molecule has 10 nitrogen and oxygen atoms in total. The van der Waals surface area contributed by atoms with E-state index in [0.29, 0.717) is 44.8 Å². The fraction of sp³-hybridized carbons (Fsp3) is 0.500. The molecule has 29 heavy (non-hydrogen) atoms. The summed E-state index contributed by atoms with van der Waals surface area (Å²) in [7, 11) is -3.62. The number of likely N-dealkylation sites (tertiary alicyclic amines) is 1. The number of morpholine rings is 1. The molecule has 1 aromatic carbocycles. The first-order valence-corrected chi connectivity index (χ1v) is 10.8. The minimum atomic E-state index is -3.62. The summed E-state index contributed by atoms with van der Waals surface area (Å²) in [5.41, 5.74) is 0.349. The molecule has 0 aromatic heterocycles. The molecule has 3 fully saturated rings. The molecule has 0 aliphatic carbocycles. The standard InChI is InChI=1S/C18H21N3O7S/c22-16-12-28-18(24)21(16)14-5-6-19(11-14)17(23)13-1-3-15(4-2-13)29(25,26)20-7-9-27-10-8-20/h1-4,14H,5-12H2. The summed E-state index contributed by atoms with van der Waals surface area (Å²) in [5.74, 6) is -0.671. The molecule has 0 radical (unpaired) electrons. The first-order chi connectivity index (χ1) is 13.9. The topological polar surface area (TPSA) is 114 Å². The van der Waals surface area contributed by atoms with Gasteiger partial charge in [-0.25, -0.2) is 18.1 Å².